The van der Waals surface area contributed by atoms with Gasteiger partial charge in [0.25, 0.3) is 0 Å². The zero-order valence-corrected chi connectivity index (χ0v) is 10.9. The van der Waals surface area contributed by atoms with Crippen LogP contribution in [0.2, 0.25) is 0 Å². The van der Waals surface area contributed by atoms with Gasteiger partial charge in [-0.15, -0.1) is 12.4 Å². The summed E-state index contributed by atoms with van der Waals surface area (Å²) >= 11 is 0. The lowest BCUT2D eigenvalue weighted by Gasteiger charge is -2.29. The lowest BCUT2D eigenvalue weighted by Crippen LogP contribution is -2.49. The van der Waals surface area contributed by atoms with Gasteiger partial charge in [-0.05, 0) is 19.9 Å². The van der Waals surface area contributed by atoms with Crippen molar-refractivity contribution in [3.05, 3.63) is 35.9 Å². The Bertz CT molecular complexity index is 312. The van der Waals surface area contributed by atoms with Gasteiger partial charge in [0.15, 0.2) is 5.78 Å². The van der Waals surface area contributed by atoms with Gasteiger partial charge in [-0.2, -0.15) is 0 Å². The van der Waals surface area contributed by atoms with Gasteiger partial charge in [0.2, 0.25) is 0 Å². The van der Waals surface area contributed by atoms with E-state index in [1.165, 1.54) is 0 Å². The van der Waals surface area contributed by atoms with Crippen molar-refractivity contribution < 1.29 is 4.79 Å². The van der Waals surface area contributed by atoms with Gasteiger partial charge in [-0.1, -0.05) is 44.2 Å². The molecule has 1 N–H and O–H groups in total. The molecule has 0 heterocycles. The standard InChI is InChI=1S/C13H19NO.ClH/c1-4-13(5-2,14-3)12(15)11-9-7-6-8-10-11;/h6-10,14H,4-5H2,1-3H3;1H. The molecule has 2 nitrogen and oxygen atoms in total. The van der Waals surface area contributed by atoms with Gasteiger partial charge in [0, 0.05) is 5.56 Å². The van der Waals surface area contributed by atoms with Gasteiger partial charge in [0.05, 0.1) is 5.54 Å². The van der Waals surface area contributed by atoms with Gasteiger partial charge in [-0.25, -0.2) is 0 Å². The maximum absolute atomic E-state index is 12.3. The third-order valence-corrected chi connectivity index (χ3v) is 3.16. The number of rotatable bonds is 5. The van der Waals surface area contributed by atoms with Crippen molar-refractivity contribution in [3.8, 4) is 0 Å². The van der Waals surface area contributed by atoms with Crippen molar-refractivity contribution in [1.82, 2.24) is 5.32 Å². The summed E-state index contributed by atoms with van der Waals surface area (Å²) in [5.41, 5.74) is 0.386. The predicted octanol–water partition coefficient (Wildman–Crippen LogP) is 3.07. The van der Waals surface area contributed by atoms with E-state index in [2.05, 4.69) is 5.32 Å². The van der Waals surface area contributed by atoms with Crippen LogP contribution in [0.4, 0.5) is 0 Å². The van der Waals surface area contributed by atoms with E-state index in [1.807, 2.05) is 51.2 Å². The molecule has 0 bridgehead atoms. The normalized spacial score (nSPS) is 10.7. The van der Waals surface area contributed by atoms with Crippen LogP contribution in [0.5, 0.6) is 0 Å². The largest absolute Gasteiger partial charge is 0.308 e. The van der Waals surface area contributed by atoms with E-state index < -0.39 is 5.54 Å². The van der Waals surface area contributed by atoms with Crippen molar-refractivity contribution in [2.45, 2.75) is 32.2 Å². The molecule has 0 aliphatic heterocycles. The maximum atomic E-state index is 12.3. The molecular weight excluding hydrogens is 222 g/mol. The van der Waals surface area contributed by atoms with Crippen LogP contribution in [0.1, 0.15) is 37.0 Å². The SMILES string of the molecule is CCC(CC)(NC)C(=O)c1ccccc1.Cl. The number of likely N-dealkylation sites (N-methyl/N-ethyl adjacent to an activating group) is 1. The molecule has 0 saturated heterocycles. The van der Waals surface area contributed by atoms with E-state index in [0.717, 1.165) is 18.4 Å². The van der Waals surface area contributed by atoms with Crippen LogP contribution >= 0.6 is 12.4 Å². The third-order valence-electron chi connectivity index (χ3n) is 3.16. The van der Waals surface area contributed by atoms with Crippen molar-refractivity contribution in [2.24, 2.45) is 0 Å². The molecule has 1 rings (SSSR count). The molecule has 0 radical (unpaired) electrons. The number of nitrogens with one attached hydrogen (secondary N) is 1. The minimum Gasteiger partial charge on any atom is -0.308 e. The van der Waals surface area contributed by atoms with Crippen LogP contribution in [0, 0.1) is 0 Å². The summed E-state index contributed by atoms with van der Waals surface area (Å²) in [4.78, 5) is 12.3. The van der Waals surface area contributed by atoms with Crippen LogP contribution in [0.25, 0.3) is 0 Å². The van der Waals surface area contributed by atoms with E-state index in [0.29, 0.717) is 0 Å². The van der Waals surface area contributed by atoms with Crippen molar-refractivity contribution >= 4 is 18.2 Å². The number of hydrogen-bond acceptors (Lipinski definition) is 2. The summed E-state index contributed by atoms with van der Waals surface area (Å²) in [6.07, 6.45) is 1.63. The Balaban J connectivity index is 0.00000225. The topological polar surface area (TPSA) is 29.1 Å². The molecule has 0 spiro atoms. The lowest BCUT2D eigenvalue weighted by molar-refractivity contribution is 0.0847. The molecule has 90 valence electrons. The number of carbonyl (C=O) groups is 1. The lowest BCUT2D eigenvalue weighted by atomic mass is 9.84. The molecule has 3 heteroatoms. The summed E-state index contributed by atoms with van der Waals surface area (Å²) in [7, 11) is 1.86. The average molecular weight is 242 g/mol. The molecular formula is C13H20ClNO. The van der Waals surface area contributed by atoms with Crippen LogP contribution in [0.15, 0.2) is 30.3 Å². The quantitative estimate of drug-likeness (QED) is 0.803. The monoisotopic (exact) mass is 241 g/mol. The Morgan fingerprint density at radius 3 is 2.06 bits per heavy atom. The minimum absolute atomic E-state index is 0. The molecule has 16 heavy (non-hydrogen) atoms. The molecule has 0 amide bonds. The van der Waals surface area contributed by atoms with E-state index >= 15 is 0 Å². The second kappa shape index (κ2) is 6.66. The van der Waals surface area contributed by atoms with Crippen LogP contribution < -0.4 is 5.32 Å². The van der Waals surface area contributed by atoms with Crippen LogP contribution in [-0.2, 0) is 0 Å². The van der Waals surface area contributed by atoms with E-state index in [9.17, 15) is 4.79 Å². The first-order valence-corrected chi connectivity index (χ1v) is 5.49. The Hall–Kier alpha value is -0.860. The second-order valence-corrected chi connectivity index (χ2v) is 3.73. The van der Waals surface area contributed by atoms with Gasteiger partial charge in [0.1, 0.15) is 0 Å². The fraction of sp³-hybridized carbons (Fsp3) is 0.462. The molecule has 1 aromatic rings. The average Bonchev–Trinajstić information content (AvgIpc) is 2.33. The number of halogens is 1. The van der Waals surface area contributed by atoms with Gasteiger partial charge in [-0.3, -0.25) is 4.79 Å². The molecule has 0 atom stereocenters. The highest BCUT2D eigenvalue weighted by atomic mass is 35.5. The smallest absolute Gasteiger partial charge is 0.182 e. The van der Waals surface area contributed by atoms with Crippen LogP contribution in [0.3, 0.4) is 0 Å². The minimum atomic E-state index is -0.401. The van der Waals surface area contributed by atoms with Crippen molar-refractivity contribution in [2.75, 3.05) is 7.05 Å². The summed E-state index contributed by atoms with van der Waals surface area (Å²) in [6.45, 7) is 4.08. The van der Waals surface area contributed by atoms with E-state index in [-0.39, 0.29) is 18.2 Å². The molecule has 0 fully saturated rings. The molecule has 0 aliphatic rings. The Labute approximate surface area is 104 Å². The summed E-state index contributed by atoms with van der Waals surface area (Å²) in [5.74, 6) is 0.190. The number of Topliss-reactive ketones (excluding diaryl/α,β-unsaturated/α-hetero) is 1. The third kappa shape index (κ3) is 2.83. The fourth-order valence-electron chi connectivity index (χ4n) is 1.90. The fourth-order valence-corrected chi connectivity index (χ4v) is 1.90. The zero-order valence-electron chi connectivity index (χ0n) is 10.1. The molecule has 0 unspecified atom stereocenters. The second-order valence-electron chi connectivity index (χ2n) is 3.73. The summed E-state index contributed by atoms with van der Waals surface area (Å²) < 4.78 is 0. The van der Waals surface area contributed by atoms with Gasteiger partial charge >= 0.3 is 0 Å². The highest BCUT2D eigenvalue weighted by Crippen LogP contribution is 2.20. The Kier molecular flexibility index (Phi) is 6.31. The number of benzene rings is 1. The molecule has 0 aromatic heterocycles. The summed E-state index contributed by atoms with van der Waals surface area (Å²) in [5, 5.41) is 3.16. The maximum Gasteiger partial charge on any atom is 0.182 e. The summed E-state index contributed by atoms with van der Waals surface area (Å²) in [6, 6.07) is 9.48. The van der Waals surface area contributed by atoms with Crippen LogP contribution in [-0.4, -0.2) is 18.4 Å². The van der Waals surface area contributed by atoms with Crippen molar-refractivity contribution in [1.29, 1.82) is 0 Å². The number of ketones is 1. The van der Waals surface area contributed by atoms with Crippen molar-refractivity contribution in [3.63, 3.8) is 0 Å². The Morgan fingerprint density at radius 1 is 1.19 bits per heavy atom. The number of hydrogen-bond donors (Lipinski definition) is 1. The number of carbonyl (C=O) groups excluding carboxylic acids is 1. The highest BCUT2D eigenvalue weighted by molar-refractivity contribution is 6.03. The predicted molar refractivity (Wildman–Crippen MR) is 70.4 cm³/mol. The molecule has 0 aliphatic carbocycles. The highest BCUT2D eigenvalue weighted by Gasteiger charge is 2.33. The molecule has 0 saturated carbocycles. The first-order valence-electron chi connectivity index (χ1n) is 5.49. The first-order chi connectivity index (χ1) is 7.20. The van der Waals surface area contributed by atoms with E-state index in [1.54, 1.807) is 0 Å². The molecule has 1 aromatic carbocycles. The zero-order chi connectivity index (χ0) is 11.3. The Morgan fingerprint density at radius 2 is 1.69 bits per heavy atom. The first kappa shape index (κ1) is 15.1. The van der Waals surface area contributed by atoms with E-state index in [4.69, 9.17) is 0 Å². The van der Waals surface area contributed by atoms with Gasteiger partial charge < -0.3 is 5.32 Å².